The number of aromatic amines is 1. The van der Waals surface area contributed by atoms with Gasteiger partial charge in [0, 0.05) is 17.3 Å². The molecule has 1 aromatic heterocycles. The van der Waals surface area contributed by atoms with Crippen LogP contribution in [0.3, 0.4) is 0 Å². The van der Waals surface area contributed by atoms with E-state index < -0.39 is 0 Å². The molecule has 0 bridgehead atoms. The van der Waals surface area contributed by atoms with E-state index in [1.54, 1.807) is 4.57 Å². The lowest BCUT2D eigenvalue weighted by Gasteiger charge is -2.12. The van der Waals surface area contributed by atoms with Crippen LogP contribution in [-0.4, -0.2) is 16.3 Å². The Labute approximate surface area is 119 Å². The Kier molecular flexibility index (Phi) is 2.47. The first kappa shape index (κ1) is 11.7. The Hall–Kier alpha value is -2.08. The molecule has 5 nitrogen and oxygen atoms in total. The van der Waals surface area contributed by atoms with Gasteiger partial charge in [-0.3, -0.25) is 9.55 Å². The van der Waals surface area contributed by atoms with Crippen molar-refractivity contribution in [3.8, 4) is 17.2 Å². The molecule has 1 aliphatic heterocycles. The highest BCUT2D eigenvalue weighted by Gasteiger charge is 2.21. The minimum atomic E-state index is -0.200. The van der Waals surface area contributed by atoms with Gasteiger partial charge in [0.15, 0.2) is 11.5 Å². The van der Waals surface area contributed by atoms with Crippen molar-refractivity contribution in [3.05, 3.63) is 44.6 Å². The second kappa shape index (κ2) is 4.21. The molecule has 1 aromatic carbocycles. The Balaban J connectivity index is 1.98. The van der Waals surface area contributed by atoms with Crippen molar-refractivity contribution in [2.24, 2.45) is 0 Å². The van der Waals surface area contributed by atoms with Gasteiger partial charge in [-0.05, 0) is 31.4 Å². The van der Waals surface area contributed by atoms with Gasteiger partial charge in [-0.2, -0.15) is 0 Å². The Morgan fingerprint density at radius 1 is 1.20 bits per heavy atom. The summed E-state index contributed by atoms with van der Waals surface area (Å²) >= 11 is 5.24. The molecular weight excluding hydrogens is 276 g/mol. The zero-order valence-corrected chi connectivity index (χ0v) is 11.5. The molecule has 0 fully saturated rings. The Bertz CT molecular complexity index is 822. The minimum absolute atomic E-state index is 0.200. The van der Waals surface area contributed by atoms with Crippen LogP contribution in [0.15, 0.2) is 23.0 Å². The van der Waals surface area contributed by atoms with Crippen LogP contribution in [0.1, 0.15) is 17.7 Å². The van der Waals surface area contributed by atoms with E-state index >= 15 is 0 Å². The predicted octanol–water partition coefficient (Wildman–Crippen LogP) is 2.11. The summed E-state index contributed by atoms with van der Waals surface area (Å²) in [5, 5.41) is 0. The first-order valence-electron chi connectivity index (χ1n) is 6.51. The molecule has 2 heterocycles. The number of nitrogens with zero attached hydrogens (tertiary/aromatic N) is 1. The molecule has 102 valence electrons. The van der Waals surface area contributed by atoms with E-state index in [0.717, 1.165) is 36.2 Å². The summed E-state index contributed by atoms with van der Waals surface area (Å²) in [6.07, 6.45) is 2.83. The number of H-pyrrole nitrogens is 1. The Morgan fingerprint density at radius 2 is 2.05 bits per heavy atom. The lowest BCUT2D eigenvalue weighted by Crippen LogP contribution is -2.25. The highest BCUT2D eigenvalue weighted by atomic mass is 32.1. The number of ether oxygens (including phenoxy) is 2. The molecule has 2 aromatic rings. The van der Waals surface area contributed by atoms with E-state index in [2.05, 4.69) is 4.98 Å². The molecule has 0 radical (unpaired) electrons. The lowest BCUT2D eigenvalue weighted by atomic mass is 10.2. The van der Waals surface area contributed by atoms with Gasteiger partial charge in [0.2, 0.25) is 6.79 Å². The number of nitrogens with one attached hydrogen (secondary N) is 1. The number of benzene rings is 1. The average molecular weight is 288 g/mol. The van der Waals surface area contributed by atoms with E-state index in [0.29, 0.717) is 16.1 Å². The largest absolute Gasteiger partial charge is 0.454 e. The van der Waals surface area contributed by atoms with Gasteiger partial charge in [0.05, 0.1) is 5.69 Å². The summed E-state index contributed by atoms with van der Waals surface area (Å²) in [5.41, 5.74) is 2.67. The lowest BCUT2D eigenvalue weighted by molar-refractivity contribution is 0.174. The zero-order valence-electron chi connectivity index (χ0n) is 10.6. The van der Waals surface area contributed by atoms with Crippen LogP contribution < -0.4 is 15.2 Å². The molecule has 2 aliphatic rings. The number of rotatable bonds is 1. The maximum absolute atomic E-state index is 12.3. The van der Waals surface area contributed by atoms with Gasteiger partial charge in [0.25, 0.3) is 0 Å². The van der Waals surface area contributed by atoms with Crippen LogP contribution in [0.4, 0.5) is 0 Å². The molecule has 0 atom stereocenters. The maximum Gasteiger partial charge on any atom is 0.331 e. The van der Waals surface area contributed by atoms with Gasteiger partial charge in [-0.1, -0.05) is 12.2 Å². The predicted molar refractivity (Wildman–Crippen MR) is 75.4 cm³/mol. The van der Waals surface area contributed by atoms with Crippen molar-refractivity contribution in [2.75, 3.05) is 6.79 Å². The fraction of sp³-hybridized carbons (Fsp3) is 0.286. The van der Waals surface area contributed by atoms with Crippen molar-refractivity contribution in [1.29, 1.82) is 0 Å². The van der Waals surface area contributed by atoms with Gasteiger partial charge in [-0.15, -0.1) is 0 Å². The van der Waals surface area contributed by atoms with Crippen LogP contribution in [-0.2, 0) is 12.8 Å². The minimum Gasteiger partial charge on any atom is -0.454 e. The summed E-state index contributed by atoms with van der Waals surface area (Å²) in [5.74, 6) is 1.38. The van der Waals surface area contributed by atoms with E-state index in [1.165, 1.54) is 0 Å². The monoisotopic (exact) mass is 288 g/mol. The second-order valence-corrected chi connectivity index (χ2v) is 5.32. The Morgan fingerprint density at radius 3 is 2.95 bits per heavy atom. The van der Waals surface area contributed by atoms with E-state index in [4.69, 9.17) is 21.7 Å². The summed E-state index contributed by atoms with van der Waals surface area (Å²) < 4.78 is 12.9. The third-order valence-corrected chi connectivity index (χ3v) is 4.12. The number of aromatic nitrogens is 2. The molecule has 0 saturated carbocycles. The molecule has 0 amide bonds. The smallest absolute Gasteiger partial charge is 0.331 e. The summed E-state index contributed by atoms with van der Waals surface area (Å²) in [4.78, 5) is 15.0. The van der Waals surface area contributed by atoms with Crippen molar-refractivity contribution < 1.29 is 9.47 Å². The van der Waals surface area contributed by atoms with Gasteiger partial charge in [-0.25, -0.2) is 4.79 Å². The number of hydrogen-bond acceptors (Lipinski definition) is 4. The summed E-state index contributed by atoms with van der Waals surface area (Å²) in [6.45, 7) is 0.225. The molecule has 1 aliphatic carbocycles. The van der Waals surface area contributed by atoms with Gasteiger partial charge >= 0.3 is 5.69 Å². The molecule has 20 heavy (non-hydrogen) atoms. The average Bonchev–Trinajstić information content (AvgIpc) is 3.06. The number of hydrogen-bond donors (Lipinski definition) is 1. The molecule has 0 saturated heterocycles. The third-order valence-electron chi connectivity index (χ3n) is 3.77. The fourth-order valence-electron chi connectivity index (χ4n) is 2.87. The molecule has 0 spiro atoms. The van der Waals surface area contributed by atoms with Crippen LogP contribution in [0.2, 0.25) is 0 Å². The highest BCUT2D eigenvalue weighted by molar-refractivity contribution is 7.71. The first-order chi connectivity index (χ1) is 9.74. The molecule has 4 rings (SSSR count). The topological polar surface area (TPSA) is 56.2 Å². The van der Waals surface area contributed by atoms with Crippen molar-refractivity contribution in [2.45, 2.75) is 19.3 Å². The molecule has 6 heteroatoms. The van der Waals surface area contributed by atoms with Gasteiger partial charge < -0.3 is 9.47 Å². The SMILES string of the molecule is O=c1[nH]c(=S)c2c(n1-c1ccc3c(c1)OCO3)CCC2. The highest BCUT2D eigenvalue weighted by Crippen LogP contribution is 2.34. The van der Waals surface area contributed by atoms with Crippen LogP contribution in [0.5, 0.6) is 11.5 Å². The van der Waals surface area contributed by atoms with Crippen molar-refractivity contribution in [1.82, 2.24) is 9.55 Å². The molecule has 0 unspecified atom stereocenters. The van der Waals surface area contributed by atoms with Crippen LogP contribution >= 0.6 is 12.2 Å². The first-order valence-corrected chi connectivity index (χ1v) is 6.92. The number of fused-ring (bicyclic) bond motifs is 2. The quantitative estimate of drug-likeness (QED) is 0.817. The third kappa shape index (κ3) is 1.61. The standard InChI is InChI=1S/C14H12N2O3S/c17-14-15-13(20)9-2-1-3-10(9)16(14)8-4-5-11-12(6-8)19-7-18-11/h4-6H,1-3,7H2,(H,15,17,20). The molecule has 1 N–H and O–H groups in total. The van der Waals surface area contributed by atoms with Crippen molar-refractivity contribution in [3.63, 3.8) is 0 Å². The normalized spacial score (nSPS) is 15.4. The van der Waals surface area contributed by atoms with Crippen molar-refractivity contribution >= 4 is 12.2 Å². The van der Waals surface area contributed by atoms with Crippen LogP contribution in [0.25, 0.3) is 5.69 Å². The fourth-order valence-corrected chi connectivity index (χ4v) is 3.17. The summed E-state index contributed by atoms with van der Waals surface area (Å²) in [7, 11) is 0. The summed E-state index contributed by atoms with van der Waals surface area (Å²) in [6, 6.07) is 5.52. The van der Waals surface area contributed by atoms with Crippen LogP contribution in [0, 0.1) is 4.64 Å². The second-order valence-electron chi connectivity index (χ2n) is 4.91. The maximum atomic E-state index is 12.3. The van der Waals surface area contributed by atoms with E-state index in [-0.39, 0.29) is 12.5 Å². The molecular formula is C14H12N2O3S. The zero-order chi connectivity index (χ0) is 13.7. The van der Waals surface area contributed by atoms with E-state index in [1.807, 2.05) is 18.2 Å². The van der Waals surface area contributed by atoms with E-state index in [9.17, 15) is 4.79 Å². The van der Waals surface area contributed by atoms with Gasteiger partial charge in [0.1, 0.15) is 4.64 Å².